The number of rotatable bonds is 6. The molecule has 0 radical (unpaired) electrons. The Morgan fingerprint density at radius 2 is 2.17 bits per heavy atom. The van der Waals surface area contributed by atoms with Gasteiger partial charge >= 0.3 is 0 Å². The van der Waals surface area contributed by atoms with Crippen molar-refractivity contribution in [2.45, 2.75) is 19.4 Å². The normalized spacial score (nSPS) is 13.1. The van der Waals surface area contributed by atoms with E-state index in [1.165, 1.54) is 5.52 Å². The van der Waals surface area contributed by atoms with Crippen LogP contribution in [0.1, 0.15) is 12.7 Å². The van der Waals surface area contributed by atoms with Crippen molar-refractivity contribution in [2.75, 3.05) is 18.6 Å². The van der Waals surface area contributed by atoms with E-state index in [2.05, 4.69) is 48.3 Å². The molecular formula is C14H21N3S. The zero-order valence-corrected chi connectivity index (χ0v) is 12.1. The third-order valence-electron chi connectivity index (χ3n) is 3.17. The van der Waals surface area contributed by atoms with Gasteiger partial charge in [0.2, 0.25) is 0 Å². The molecule has 3 nitrogen and oxygen atoms in total. The Morgan fingerprint density at radius 3 is 2.83 bits per heavy atom. The van der Waals surface area contributed by atoms with E-state index in [4.69, 9.17) is 4.98 Å². The monoisotopic (exact) mass is 263 g/mol. The molecule has 1 aromatic heterocycles. The molecule has 0 saturated carbocycles. The van der Waals surface area contributed by atoms with Crippen molar-refractivity contribution in [2.24, 2.45) is 7.05 Å². The molecule has 1 unspecified atom stereocenters. The van der Waals surface area contributed by atoms with Crippen LogP contribution in [0.2, 0.25) is 0 Å². The van der Waals surface area contributed by atoms with Crippen molar-refractivity contribution in [3.63, 3.8) is 0 Å². The molecular weight excluding hydrogens is 242 g/mol. The number of aryl methyl sites for hydroxylation is 1. The second-order valence-corrected chi connectivity index (χ2v) is 5.40. The van der Waals surface area contributed by atoms with Crippen LogP contribution in [0.15, 0.2) is 24.3 Å². The molecule has 0 bridgehead atoms. The van der Waals surface area contributed by atoms with Gasteiger partial charge in [-0.3, -0.25) is 0 Å². The molecule has 0 fully saturated rings. The van der Waals surface area contributed by atoms with Crippen LogP contribution in [-0.4, -0.2) is 34.1 Å². The maximum atomic E-state index is 4.73. The van der Waals surface area contributed by atoms with Crippen molar-refractivity contribution in [3.05, 3.63) is 30.1 Å². The third-order valence-corrected chi connectivity index (χ3v) is 3.91. The molecule has 1 N–H and O–H groups in total. The van der Waals surface area contributed by atoms with Gasteiger partial charge in [0, 0.05) is 25.3 Å². The molecule has 0 aliphatic heterocycles. The van der Waals surface area contributed by atoms with E-state index in [0.717, 1.165) is 30.1 Å². The van der Waals surface area contributed by atoms with Gasteiger partial charge in [-0.25, -0.2) is 4.98 Å². The molecule has 0 spiro atoms. The molecule has 0 aliphatic rings. The summed E-state index contributed by atoms with van der Waals surface area (Å²) in [7, 11) is 2.10. The first kappa shape index (κ1) is 13.4. The summed E-state index contributed by atoms with van der Waals surface area (Å²) in [4.78, 5) is 4.73. The maximum absolute atomic E-state index is 4.73. The molecule has 1 aromatic carbocycles. The molecule has 98 valence electrons. The third kappa shape index (κ3) is 2.87. The highest BCUT2D eigenvalue weighted by atomic mass is 32.2. The van der Waals surface area contributed by atoms with Gasteiger partial charge < -0.3 is 9.88 Å². The van der Waals surface area contributed by atoms with Crippen LogP contribution in [0.3, 0.4) is 0 Å². The van der Waals surface area contributed by atoms with Crippen molar-refractivity contribution in [3.8, 4) is 0 Å². The van der Waals surface area contributed by atoms with Crippen molar-refractivity contribution in [1.29, 1.82) is 0 Å². The minimum atomic E-state index is 0.500. The Hall–Kier alpha value is -1.00. The lowest BCUT2D eigenvalue weighted by Gasteiger charge is -2.16. The number of benzene rings is 1. The number of para-hydroxylation sites is 2. The van der Waals surface area contributed by atoms with E-state index < -0.39 is 0 Å². The molecule has 0 saturated heterocycles. The zero-order chi connectivity index (χ0) is 13.0. The van der Waals surface area contributed by atoms with Crippen LogP contribution >= 0.6 is 11.8 Å². The maximum Gasteiger partial charge on any atom is 0.111 e. The average molecular weight is 263 g/mol. The lowest BCUT2D eigenvalue weighted by Crippen LogP contribution is -2.34. The minimum Gasteiger partial charge on any atom is -0.331 e. The highest BCUT2D eigenvalue weighted by Crippen LogP contribution is 2.16. The van der Waals surface area contributed by atoms with Gasteiger partial charge in [0.25, 0.3) is 0 Å². The van der Waals surface area contributed by atoms with Crippen LogP contribution in [-0.2, 0) is 13.5 Å². The number of likely N-dealkylation sites (N-methyl/N-ethyl adjacent to an activating group) is 1. The second-order valence-electron chi connectivity index (χ2n) is 4.49. The summed E-state index contributed by atoms with van der Waals surface area (Å²) in [5.74, 6) is 2.29. The van der Waals surface area contributed by atoms with Gasteiger partial charge in [-0.15, -0.1) is 0 Å². The van der Waals surface area contributed by atoms with E-state index in [-0.39, 0.29) is 0 Å². The summed E-state index contributed by atoms with van der Waals surface area (Å²) < 4.78 is 2.21. The van der Waals surface area contributed by atoms with Gasteiger partial charge in [0.05, 0.1) is 11.0 Å². The number of hydrogen-bond acceptors (Lipinski definition) is 3. The van der Waals surface area contributed by atoms with Crippen LogP contribution in [0, 0.1) is 0 Å². The summed E-state index contributed by atoms with van der Waals surface area (Å²) >= 11 is 1.88. The Balaban J connectivity index is 2.22. The smallest absolute Gasteiger partial charge is 0.111 e. The summed E-state index contributed by atoms with van der Waals surface area (Å²) in [6.45, 7) is 3.16. The number of nitrogens with zero attached hydrogens (tertiary/aromatic N) is 2. The molecule has 2 rings (SSSR count). The van der Waals surface area contributed by atoms with Gasteiger partial charge in [-0.2, -0.15) is 11.8 Å². The van der Waals surface area contributed by atoms with E-state index in [0.29, 0.717) is 6.04 Å². The molecule has 18 heavy (non-hydrogen) atoms. The first-order valence-electron chi connectivity index (χ1n) is 6.39. The SMILES string of the molecule is CCNC(CSC)Cc1nc2ccccc2n1C. The first-order valence-corrected chi connectivity index (χ1v) is 7.78. The van der Waals surface area contributed by atoms with Gasteiger partial charge in [-0.05, 0) is 24.9 Å². The van der Waals surface area contributed by atoms with Gasteiger partial charge in [0.1, 0.15) is 5.82 Å². The van der Waals surface area contributed by atoms with E-state index >= 15 is 0 Å². The van der Waals surface area contributed by atoms with Crippen LogP contribution in [0.5, 0.6) is 0 Å². The summed E-state index contributed by atoms with van der Waals surface area (Å²) in [6, 6.07) is 8.82. The van der Waals surface area contributed by atoms with Crippen molar-refractivity contribution >= 4 is 22.8 Å². The topological polar surface area (TPSA) is 29.9 Å². The number of aromatic nitrogens is 2. The minimum absolute atomic E-state index is 0.500. The molecule has 1 atom stereocenters. The number of fused-ring (bicyclic) bond motifs is 1. The molecule has 1 heterocycles. The predicted molar refractivity (Wildman–Crippen MR) is 80.3 cm³/mol. The second kappa shape index (κ2) is 6.25. The number of hydrogen-bond donors (Lipinski definition) is 1. The molecule has 0 amide bonds. The summed E-state index contributed by atoms with van der Waals surface area (Å²) in [6.07, 6.45) is 3.14. The van der Waals surface area contributed by atoms with Gasteiger partial charge in [0.15, 0.2) is 0 Å². The van der Waals surface area contributed by atoms with Crippen LogP contribution < -0.4 is 5.32 Å². The highest BCUT2D eigenvalue weighted by molar-refractivity contribution is 7.98. The van der Waals surface area contributed by atoms with E-state index in [1.807, 2.05) is 17.8 Å². The van der Waals surface area contributed by atoms with E-state index in [9.17, 15) is 0 Å². The van der Waals surface area contributed by atoms with Crippen molar-refractivity contribution < 1.29 is 0 Å². The quantitative estimate of drug-likeness (QED) is 0.868. The van der Waals surface area contributed by atoms with Crippen molar-refractivity contribution in [1.82, 2.24) is 14.9 Å². The highest BCUT2D eigenvalue weighted by Gasteiger charge is 2.13. The largest absolute Gasteiger partial charge is 0.331 e. The summed E-state index contributed by atoms with van der Waals surface area (Å²) in [5, 5.41) is 3.53. The van der Waals surface area contributed by atoms with Gasteiger partial charge in [-0.1, -0.05) is 19.1 Å². The Morgan fingerprint density at radius 1 is 1.39 bits per heavy atom. The Labute approximate surface area is 113 Å². The first-order chi connectivity index (χ1) is 8.76. The Kier molecular flexibility index (Phi) is 4.66. The molecule has 0 aliphatic carbocycles. The fraction of sp³-hybridized carbons (Fsp3) is 0.500. The van der Waals surface area contributed by atoms with E-state index in [1.54, 1.807) is 0 Å². The lowest BCUT2D eigenvalue weighted by atomic mass is 10.2. The fourth-order valence-electron chi connectivity index (χ4n) is 2.28. The molecule has 2 aromatic rings. The summed E-state index contributed by atoms with van der Waals surface area (Å²) in [5.41, 5.74) is 2.31. The average Bonchev–Trinajstić information content (AvgIpc) is 2.68. The lowest BCUT2D eigenvalue weighted by molar-refractivity contribution is 0.552. The fourth-order valence-corrected chi connectivity index (χ4v) is 2.92. The standard InChI is InChI=1S/C14H21N3S/c1-4-15-11(10-18-3)9-14-16-12-7-5-6-8-13(12)17(14)2/h5-8,11,15H,4,9-10H2,1-3H3. The zero-order valence-electron chi connectivity index (χ0n) is 11.3. The van der Waals surface area contributed by atoms with Crippen LogP contribution in [0.25, 0.3) is 11.0 Å². The van der Waals surface area contributed by atoms with Crippen LogP contribution in [0.4, 0.5) is 0 Å². The Bertz CT molecular complexity index is 501. The predicted octanol–water partition coefficient (Wildman–Crippen LogP) is 2.46. The number of thioether (sulfide) groups is 1. The molecule has 4 heteroatoms. The number of nitrogens with one attached hydrogen (secondary N) is 1. The number of imidazole rings is 1.